The number of carbonyl (C=O) groups excluding carboxylic acids is 3. The maximum absolute atomic E-state index is 13.2. The lowest BCUT2D eigenvalue weighted by Crippen LogP contribution is -2.71. The summed E-state index contributed by atoms with van der Waals surface area (Å²) in [6.07, 6.45) is 3.44. The summed E-state index contributed by atoms with van der Waals surface area (Å²) >= 11 is 3.63. The Morgan fingerprint density at radius 2 is 2.18 bits per heavy atom. The van der Waals surface area contributed by atoms with Crippen LogP contribution in [0.4, 0.5) is 5.13 Å². The molecule has 2 aromatic heterocycles. The summed E-state index contributed by atoms with van der Waals surface area (Å²) in [5.41, 5.74) is 3.81. The van der Waals surface area contributed by atoms with Gasteiger partial charge in [0.2, 0.25) is 5.60 Å². The molecule has 17 heteroatoms. The second-order valence-corrected chi connectivity index (χ2v) is 11.8. The molecule has 39 heavy (non-hydrogen) atoms. The minimum atomic E-state index is -1.76. The van der Waals surface area contributed by atoms with Crippen molar-refractivity contribution >= 4 is 69.5 Å². The molecular weight excluding hydrogens is 570 g/mol. The number of nitrogens with one attached hydrogen (secondary N) is 1. The van der Waals surface area contributed by atoms with Crippen molar-refractivity contribution < 1.29 is 38.8 Å². The van der Waals surface area contributed by atoms with Gasteiger partial charge in [-0.2, -0.15) is 0 Å². The van der Waals surface area contributed by atoms with Gasteiger partial charge in [-0.25, -0.2) is 14.3 Å². The smallest absolute Gasteiger partial charge is 0.359 e. The Hall–Kier alpha value is -3.70. The molecule has 0 spiro atoms. The first-order chi connectivity index (χ1) is 18.4. The lowest BCUT2D eigenvalue weighted by atomic mass is 10.0. The van der Waals surface area contributed by atoms with Crippen molar-refractivity contribution in [1.82, 2.24) is 20.2 Å². The highest BCUT2D eigenvalue weighted by Crippen LogP contribution is 2.41. The Balaban J connectivity index is 1.52. The predicted molar refractivity (Wildman–Crippen MR) is 139 cm³/mol. The van der Waals surface area contributed by atoms with E-state index in [0.717, 1.165) is 16.2 Å². The van der Waals surface area contributed by atoms with Crippen molar-refractivity contribution in [3.8, 4) is 0 Å². The van der Waals surface area contributed by atoms with Crippen LogP contribution in [0.3, 0.4) is 0 Å². The zero-order valence-corrected chi connectivity index (χ0v) is 23.3. The number of thioether (sulfide) groups is 2. The highest BCUT2D eigenvalue weighted by atomic mass is 32.2. The Bertz CT molecular complexity index is 1410. The van der Waals surface area contributed by atoms with Gasteiger partial charge in [-0.05, 0) is 36.2 Å². The number of fused-ring (bicyclic) bond motifs is 1. The SMILES string of the molecule is C[n+]1cccnc1SCC1=C(C(=O)[O-])N2C(=O)[C@@H](NC(=O)/C(=N\OC(C)(C)C(=O)O)c3csc(N)n3)[C@H]2SC1. The lowest BCUT2D eigenvalue weighted by Gasteiger charge is -2.50. The molecule has 4 heterocycles. The van der Waals surface area contributed by atoms with Crippen molar-refractivity contribution in [2.24, 2.45) is 12.2 Å². The van der Waals surface area contributed by atoms with E-state index < -0.39 is 40.8 Å². The zero-order chi connectivity index (χ0) is 28.5. The van der Waals surface area contributed by atoms with Gasteiger partial charge in [0.15, 0.2) is 10.8 Å². The average Bonchev–Trinajstić information content (AvgIpc) is 3.31. The first-order valence-corrected chi connectivity index (χ1v) is 14.2. The fourth-order valence-corrected chi connectivity index (χ4v) is 6.48. The van der Waals surface area contributed by atoms with Crippen molar-refractivity contribution in [3.05, 3.63) is 40.8 Å². The van der Waals surface area contributed by atoms with E-state index in [0.29, 0.717) is 10.7 Å². The monoisotopic (exact) mass is 593 g/mol. The number of carboxylic acids is 2. The van der Waals surface area contributed by atoms with Gasteiger partial charge in [-0.1, -0.05) is 5.16 Å². The van der Waals surface area contributed by atoms with Gasteiger partial charge in [0.05, 0.1) is 24.9 Å². The van der Waals surface area contributed by atoms with E-state index in [2.05, 4.69) is 20.4 Å². The van der Waals surface area contributed by atoms with Crippen molar-refractivity contribution in [1.29, 1.82) is 0 Å². The summed E-state index contributed by atoms with van der Waals surface area (Å²) in [5, 5.41) is 29.1. The van der Waals surface area contributed by atoms with Crippen LogP contribution in [0.15, 0.2) is 45.4 Å². The van der Waals surface area contributed by atoms with Gasteiger partial charge in [0, 0.05) is 23.0 Å². The van der Waals surface area contributed by atoms with E-state index in [9.17, 15) is 29.4 Å². The van der Waals surface area contributed by atoms with Crippen LogP contribution in [0.5, 0.6) is 0 Å². The molecule has 0 unspecified atom stereocenters. The Morgan fingerprint density at radius 3 is 2.79 bits per heavy atom. The Morgan fingerprint density at radius 1 is 1.44 bits per heavy atom. The van der Waals surface area contributed by atoms with Crippen molar-refractivity contribution in [2.45, 2.75) is 36.0 Å². The van der Waals surface area contributed by atoms with Crippen LogP contribution < -0.4 is 20.7 Å². The highest BCUT2D eigenvalue weighted by molar-refractivity contribution is 8.01. The Labute approximate surface area is 234 Å². The lowest BCUT2D eigenvalue weighted by molar-refractivity contribution is -0.713. The van der Waals surface area contributed by atoms with Crippen LogP contribution in [-0.2, 0) is 31.1 Å². The number of aliphatic carboxylic acids is 2. The Kier molecular flexibility index (Phi) is 8.12. The number of aryl methyl sites for hydroxylation is 1. The number of thiazole rings is 1. The number of nitrogens with two attached hydrogens (primary N) is 1. The molecule has 2 aliphatic rings. The minimum Gasteiger partial charge on any atom is -0.543 e. The summed E-state index contributed by atoms with van der Waals surface area (Å²) < 4.78 is 1.79. The summed E-state index contributed by atoms with van der Waals surface area (Å²) in [6.45, 7) is 2.49. The summed E-state index contributed by atoms with van der Waals surface area (Å²) in [4.78, 5) is 64.1. The number of hydrogen-bond acceptors (Lipinski definition) is 13. The molecule has 0 radical (unpaired) electrons. The number of nitrogen functional groups attached to an aromatic ring is 1. The molecule has 0 aromatic carbocycles. The number of aromatic nitrogens is 3. The number of carbonyl (C=O) groups is 4. The van der Waals surface area contributed by atoms with Crippen LogP contribution in [0, 0.1) is 0 Å². The predicted octanol–water partition coefficient (Wildman–Crippen LogP) is -1.28. The molecule has 206 valence electrons. The highest BCUT2D eigenvalue weighted by Gasteiger charge is 2.53. The van der Waals surface area contributed by atoms with Crippen LogP contribution in [0.1, 0.15) is 19.5 Å². The molecule has 14 nitrogen and oxygen atoms in total. The van der Waals surface area contributed by atoms with E-state index in [1.807, 2.05) is 13.2 Å². The number of hydrogen-bond donors (Lipinski definition) is 3. The van der Waals surface area contributed by atoms with Crippen LogP contribution in [0.25, 0.3) is 0 Å². The molecule has 1 fully saturated rings. The third kappa shape index (κ3) is 5.84. The summed E-state index contributed by atoms with van der Waals surface area (Å²) in [5.74, 6) is -3.78. The number of amides is 2. The molecule has 0 aliphatic carbocycles. The van der Waals surface area contributed by atoms with Crippen LogP contribution in [0.2, 0.25) is 0 Å². The van der Waals surface area contributed by atoms with Gasteiger partial charge in [0.25, 0.3) is 11.8 Å². The van der Waals surface area contributed by atoms with E-state index >= 15 is 0 Å². The fraction of sp³-hybridized carbons (Fsp3) is 0.364. The van der Waals surface area contributed by atoms with Crippen molar-refractivity contribution in [3.63, 3.8) is 0 Å². The normalized spacial score (nSPS) is 19.3. The molecular formula is C22H23N7O7S3. The average molecular weight is 594 g/mol. The second kappa shape index (κ2) is 11.2. The number of nitrogens with zero attached hydrogens (tertiary/aromatic N) is 5. The van der Waals surface area contributed by atoms with E-state index in [4.69, 9.17) is 10.6 Å². The second-order valence-electron chi connectivity index (χ2n) is 8.82. The molecule has 2 atom stereocenters. The van der Waals surface area contributed by atoms with E-state index in [1.54, 1.807) is 16.8 Å². The minimum absolute atomic E-state index is 0.0217. The first-order valence-electron chi connectivity index (χ1n) is 11.2. The summed E-state index contributed by atoms with van der Waals surface area (Å²) in [6, 6.07) is 0.691. The number of oxime groups is 1. The maximum atomic E-state index is 13.2. The molecule has 2 aromatic rings. The van der Waals surface area contributed by atoms with E-state index in [1.165, 1.54) is 42.8 Å². The van der Waals surface area contributed by atoms with Gasteiger partial charge >= 0.3 is 11.1 Å². The molecule has 2 amide bonds. The van der Waals surface area contributed by atoms with Gasteiger partial charge in [-0.3, -0.25) is 14.5 Å². The quantitative estimate of drug-likeness (QED) is 0.0736. The third-order valence-corrected chi connectivity index (χ3v) is 8.80. The molecule has 2 aliphatic heterocycles. The topological polar surface area (TPSA) is 204 Å². The van der Waals surface area contributed by atoms with Gasteiger partial charge < -0.3 is 30.9 Å². The maximum Gasteiger partial charge on any atom is 0.359 e. The molecule has 0 bridgehead atoms. The molecule has 4 N–H and O–H groups in total. The first kappa shape index (κ1) is 28.3. The number of rotatable bonds is 10. The van der Waals surface area contributed by atoms with Crippen molar-refractivity contribution in [2.75, 3.05) is 17.2 Å². The van der Waals surface area contributed by atoms with Gasteiger partial charge in [-0.15, -0.1) is 23.1 Å². The third-order valence-electron chi connectivity index (χ3n) is 5.64. The van der Waals surface area contributed by atoms with Crippen LogP contribution in [-0.4, -0.2) is 78.0 Å². The fourth-order valence-electron chi connectivity index (χ4n) is 3.51. The molecule has 0 saturated carbocycles. The number of β-lactam (4-membered cyclic amide) rings is 1. The van der Waals surface area contributed by atoms with Crippen LogP contribution >= 0.6 is 34.9 Å². The summed E-state index contributed by atoms with van der Waals surface area (Å²) in [7, 11) is 1.81. The zero-order valence-electron chi connectivity index (χ0n) is 20.8. The standard InChI is InChI=1S/C22H23N7O7S3/c1-22(2,19(34)35)36-27-12(11-9-38-20(23)25-11)15(30)26-13-16(31)29-14(18(32)33)10(7-37-17(13)29)8-39-21-24-5-4-6-28(21)3/h4-6,9,13,17H,7-8H2,1-3H3,(H4-,23,25,26,30,32,33,34,35)/b27-12-/t13-,17-/m1/s1. The van der Waals surface area contributed by atoms with E-state index in [-0.39, 0.29) is 33.7 Å². The molecule has 4 rings (SSSR count). The number of anilines is 1. The van der Waals surface area contributed by atoms with Gasteiger partial charge in [0.1, 0.15) is 23.3 Å². The number of carboxylic acid groups (broad SMARTS) is 2. The largest absolute Gasteiger partial charge is 0.543 e. The molecule has 1 saturated heterocycles.